The van der Waals surface area contributed by atoms with E-state index in [0.29, 0.717) is 23.7 Å². The Morgan fingerprint density at radius 1 is 1.14 bits per heavy atom. The molecule has 0 unspecified atom stereocenters. The van der Waals surface area contributed by atoms with Crippen molar-refractivity contribution < 1.29 is 22.3 Å². The molecule has 152 valence electrons. The molecule has 3 rings (SSSR count). The summed E-state index contributed by atoms with van der Waals surface area (Å²) < 4.78 is 59.1. The van der Waals surface area contributed by atoms with E-state index in [9.17, 15) is 17.6 Å². The third kappa shape index (κ3) is 4.43. The summed E-state index contributed by atoms with van der Waals surface area (Å²) in [7, 11) is 0. The second kappa shape index (κ2) is 8.03. The third-order valence-electron chi connectivity index (χ3n) is 4.68. The molecule has 3 heterocycles. The van der Waals surface area contributed by atoms with Crippen LogP contribution in [0.4, 0.5) is 23.2 Å². The predicted molar refractivity (Wildman–Crippen MR) is 98.5 cm³/mol. The summed E-state index contributed by atoms with van der Waals surface area (Å²) in [5.74, 6) is 0.413. The first kappa shape index (κ1) is 20.5. The fourth-order valence-corrected chi connectivity index (χ4v) is 3.65. The summed E-state index contributed by atoms with van der Waals surface area (Å²) >= 11 is 0. The minimum Gasteiger partial charge on any atom is -0.353 e. The molecule has 0 N–H and O–H groups in total. The van der Waals surface area contributed by atoms with Crippen LogP contribution in [0, 0.1) is 5.92 Å². The fraction of sp³-hybridized carbons (Fsp3) is 0.500. The van der Waals surface area contributed by atoms with Crippen LogP contribution in [0.3, 0.4) is 0 Å². The second-order valence-electron chi connectivity index (χ2n) is 7.69. The van der Waals surface area contributed by atoms with Crippen molar-refractivity contribution in [3.63, 3.8) is 0 Å². The predicted octanol–water partition coefficient (Wildman–Crippen LogP) is 5.62. The summed E-state index contributed by atoms with van der Waals surface area (Å²) in [5, 5.41) is 0. The molecular weight excluding hydrogens is 374 g/mol. The third-order valence-corrected chi connectivity index (χ3v) is 4.68. The van der Waals surface area contributed by atoms with Crippen LogP contribution in [0.2, 0.25) is 0 Å². The summed E-state index contributed by atoms with van der Waals surface area (Å²) in [6.07, 6.45) is -3.51. The lowest BCUT2D eigenvalue weighted by Gasteiger charge is -2.25. The van der Waals surface area contributed by atoms with E-state index in [4.69, 9.17) is 4.74 Å². The maximum Gasteiger partial charge on any atom is 0.282 e. The molecular formula is C20H23F4N3O. The molecule has 1 aliphatic rings. The summed E-state index contributed by atoms with van der Waals surface area (Å²) in [5.41, 5.74) is -0.391. The van der Waals surface area contributed by atoms with Crippen LogP contribution in [-0.4, -0.2) is 28.8 Å². The lowest BCUT2D eigenvalue weighted by Crippen LogP contribution is -2.33. The van der Waals surface area contributed by atoms with Crippen molar-refractivity contribution in [3.8, 4) is 11.3 Å². The number of anilines is 1. The minimum absolute atomic E-state index is 0.202. The van der Waals surface area contributed by atoms with Gasteiger partial charge in [0.25, 0.3) is 12.9 Å². The first-order chi connectivity index (χ1) is 13.2. The number of ether oxygens (including phenoxy) is 1. The summed E-state index contributed by atoms with van der Waals surface area (Å²) in [6.45, 7) is 6.83. The molecule has 1 saturated heterocycles. The monoisotopic (exact) mass is 397 g/mol. The Hall–Kier alpha value is -2.22. The highest BCUT2D eigenvalue weighted by molar-refractivity contribution is 5.64. The Labute approximate surface area is 161 Å². The molecule has 0 aromatic carbocycles. The van der Waals surface area contributed by atoms with Gasteiger partial charge in [-0.2, -0.15) is 0 Å². The highest BCUT2D eigenvalue weighted by atomic mass is 19.3. The standard InChI is InChI=1S/C20H23F4N3O/c1-12(2)9-20(3)10-27(11-28-20)16-5-4-14(26-17(16)19(23)24)13-6-7-25-15(8-13)18(21)22/h4-8,12,18-19H,9-11H2,1-3H3/t20-/m0/s1. The first-order valence-corrected chi connectivity index (χ1v) is 9.11. The zero-order valence-electron chi connectivity index (χ0n) is 16.0. The number of aromatic nitrogens is 2. The van der Waals surface area contributed by atoms with Crippen LogP contribution >= 0.6 is 0 Å². The van der Waals surface area contributed by atoms with E-state index in [-0.39, 0.29) is 18.1 Å². The molecule has 8 heteroatoms. The quantitative estimate of drug-likeness (QED) is 0.593. The number of hydrogen-bond acceptors (Lipinski definition) is 4. The van der Waals surface area contributed by atoms with Gasteiger partial charge in [0.15, 0.2) is 0 Å². The topological polar surface area (TPSA) is 38.2 Å². The maximum absolute atomic E-state index is 13.7. The molecule has 2 aromatic rings. The zero-order valence-corrected chi connectivity index (χ0v) is 16.0. The molecule has 0 amide bonds. The van der Waals surface area contributed by atoms with Gasteiger partial charge in [-0.25, -0.2) is 22.5 Å². The smallest absolute Gasteiger partial charge is 0.282 e. The number of nitrogens with zero attached hydrogens (tertiary/aromatic N) is 3. The van der Waals surface area contributed by atoms with Gasteiger partial charge in [-0.15, -0.1) is 0 Å². The van der Waals surface area contributed by atoms with Crippen molar-refractivity contribution in [2.75, 3.05) is 18.2 Å². The fourth-order valence-electron chi connectivity index (χ4n) is 3.65. The van der Waals surface area contributed by atoms with E-state index in [1.54, 1.807) is 17.0 Å². The number of alkyl halides is 4. The Kier molecular flexibility index (Phi) is 5.88. The van der Waals surface area contributed by atoms with Crippen LogP contribution in [-0.2, 0) is 4.74 Å². The number of hydrogen-bond donors (Lipinski definition) is 0. The van der Waals surface area contributed by atoms with Crippen LogP contribution in [0.1, 0.15) is 51.4 Å². The molecule has 1 atom stereocenters. The van der Waals surface area contributed by atoms with Gasteiger partial charge in [0.1, 0.15) is 18.1 Å². The van der Waals surface area contributed by atoms with Crippen molar-refractivity contribution in [2.45, 2.75) is 45.6 Å². The molecule has 0 bridgehead atoms. The molecule has 0 radical (unpaired) electrons. The maximum atomic E-state index is 13.7. The van der Waals surface area contributed by atoms with Gasteiger partial charge in [-0.05, 0) is 43.5 Å². The molecule has 28 heavy (non-hydrogen) atoms. The highest BCUT2D eigenvalue weighted by Crippen LogP contribution is 2.36. The lowest BCUT2D eigenvalue weighted by molar-refractivity contribution is 0.0114. The van der Waals surface area contributed by atoms with Crippen LogP contribution in [0.25, 0.3) is 11.3 Å². The van der Waals surface area contributed by atoms with E-state index in [1.165, 1.54) is 18.3 Å². The van der Waals surface area contributed by atoms with Gasteiger partial charge in [0.2, 0.25) is 0 Å². The van der Waals surface area contributed by atoms with Gasteiger partial charge in [-0.3, -0.25) is 4.98 Å². The average Bonchev–Trinajstić information content (AvgIpc) is 3.02. The molecule has 0 spiro atoms. The number of halogens is 4. The van der Waals surface area contributed by atoms with Gasteiger partial charge in [0.05, 0.1) is 17.0 Å². The Morgan fingerprint density at radius 2 is 1.89 bits per heavy atom. The van der Waals surface area contributed by atoms with Gasteiger partial charge < -0.3 is 9.64 Å². The van der Waals surface area contributed by atoms with Crippen molar-refractivity contribution in [1.29, 1.82) is 0 Å². The van der Waals surface area contributed by atoms with E-state index < -0.39 is 24.1 Å². The van der Waals surface area contributed by atoms with E-state index in [1.807, 2.05) is 6.92 Å². The Morgan fingerprint density at radius 3 is 2.54 bits per heavy atom. The minimum atomic E-state index is -2.80. The zero-order chi connectivity index (χ0) is 20.5. The van der Waals surface area contributed by atoms with Crippen molar-refractivity contribution in [1.82, 2.24) is 9.97 Å². The molecule has 1 aliphatic heterocycles. The van der Waals surface area contributed by atoms with E-state index >= 15 is 0 Å². The number of pyridine rings is 2. The van der Waals surface area contributed by atoms with Crippen LogP contribution in [0.5, 0.6) is 0 Å². The highest BCUT2D eigenvalue weighted by Gasteiger charge is 2.37. The summed E-state index contributed by atoms with van der Waals surface area (Å²) in [4.78, 5) is 9.42. The largest absolute Gasteiger partial charge is 0.353 e. The SMILES string of the molecule is CC(C)C[C@@]1(C)CN(c2ccc(-c3ccnc(C(F)F)c3)nc2C(F)F)CO1. The number of rotatable bonds is 6. The average molecular weight is 397 g/mol. The Balaban J connectivity index is 1.92. The normalized spacial score (nSPS) is 20.0. The van der Waals surface area contributed by atoms with E-state index in [2.05, 4.69) is 23.8 Å². The van der Waals surface area contributed by atoms with Crippen molar-refractivity contribution in [3.05, 3.63) is 41.9 Å². The molecule has 0 saturated carbocycles. The van der Waals surface area contributed by atoms with Gasteiger partial charge in [-0.1, -0.05) is 13.8 Å². The van der Waals surface area contributed by atoms with Crippen molar-refractivity contribution in [2.24, 2.45) is 5.92 Å². The van der Waals surface area contributed by atoms with Gasteiger partial charge >= 0.3 is 0 Å². The summed E-state index contributed by atoms with van der Waals surface area (Å²) in [6, 6.07) is 5.75. The van der Waals surface area contributed by atoms with Crippen LogP contribution in [0.15, 0.2) is 30.5 Å². The second-order valence-corrected chi connectivity index (χ2v) is 7.69. The van der Waals surface area contributed by atoms with Crippen LogP contribution < -0.4 is 4.90 Å². The molecule has 0 aliphatic carbocycles. The van der Waals surface area contributed by atoms with E-state index in [0.717, 1.165) is 6.42 Å². The lowest BCUT2D eigenvalue weighted by atomic mass is 9.94. The molecule has 1 fully saturated rings. The Bertz CT molecular complexity index is 831. The molecule has 2 aromatic heterocycles. The first-order valence-electron chi connectivity index (χ1n) is 9.11. The molecule has 4 nitrogen and oxygen atoms in total. The van der Waals surface area contributed by atoms with Crippen molar-refractivity contribution >= 4 is 5.69 Å². The van der Waals surface area contributed by atoms with Gasteiger partial charge in [0, 0.05) is 18.3 Å².